The maximum atomic E-state index is 12.8. The van der Waals surface area contributed by atoms with E-state index in [1.165, 1.54) is 36.0 Å². The highest BCUT2D eigenvalue weighted by molar-refractivity contribution is 7.99. The number of hydrogen-bond acceptors (Lipinski definition) is 7. The molecular formula is C23H25ClN6O4S. The number of carbonyl (C=O) groups is 2. The maximum absolute atomic E-state index is 12.8. The third kappa shape index (κ3) is 6.37. The smallest absolute Gasteiger partial charge is 0.270 e. The summed E-state index contributed by atoms with van der Waals surface area (Å²) in [5.74, 6) is -0.116. The van der Waals surface area contributed by atoms with Crippen LogP contribution >= 0.6 is 23.4 Å². The summed E-state index contributed by atoms with van der Waals surface area (Å²) < 4.78 is 1.72. The number of nitro benzene ring substituents is 1. The SMILES string of the molecule is Cc1c(Cl)cccc1NC(=O)CSc1nnc([C@@H](NC(=O)c2cccc([N+](=O)[O-])c2)C(C)C)n1C. The van der Waals surface area contributed by atoms with Crippen molar-refractivity contribution in [2.45, 2.75) is 32.0 Å². The summed E-state index contributed by atoms with van der Waals surface area (Å²) in [7, 11) is 1.76. The molecule has 12 heteroatoms. The average Bonchev–Trinajstić information content (AvgIpc) is 3.18. The summed E-state index contributed by atoms with van der Waals surface area (Å²) in [6.45, 7) is 5.66. The van der Waals surface area contributed by atoms with E-state index in [0.29, 0.717) is 21.7 Å². The molecule has 35 heavy (non-hydrogen) atoms. The van der Waals surface area contributed by atoms with Gasteiger partial charge in [0.25, 0.3) is 11.6 Å². The number of thioether (sulfide) groups is 1. The van der Waals surface area contributed by atoms with Crippen LogP contribution in [-0.4, -0.2) is 37.3 Å². The Morgan fingerprint density at radius 2 is 1.91 bits per heavy atom. The number of hydrogen-bond donors (Lipinski definition) is 2. The molecule has 184 valence electrons. The van der Waals surface area contributed by atoms with E-state index >= 15 is 0 Å². The number of anilines is 1. The molecule has 0 radical (unpaired) electrons. The molecule has 1 heterocycles. The third-order valence-electron chi connectivity index (χ3n) is 5.29. The molecule has 2 amide bonds. The largest absolute Gasteiger partial charge is 0.342 e. The third-order valence-corrected chi connectivity index (χ3v) is 6.72. The molecule has 0 unspecified atom stereocenters. The highest BCUT2D eigenvalue weighted by Crippen LogP contribution is 2.26. The number of aromatic nitrogens is 3. The molecule has 3 aromatic rings. The molecule has 10 nitrogen and oxygen atoms in total. The molecule has 0 aliphatic heterocycles. The fourth-order valence-corrected chi connectivity index (χ4v) is 4.19. The van der Waals surface area contributed by atoms with Crippen molar-refractivity contribution in [2.24, 2.45) is 13.0 Å². The van der Waals surface area contributed by atoms with Crippen LogP contribution < -0.4 is 10.6 Å². The summed E-state index contributed by atoms with van der Waals surface area (Å²) in [6, 6.07) is 10.3. The van der Waals surface area contributed by atoms with Crippen LogP contribution in [0.2, 0.25) is 5.02 Å². The van der Waals surface area contributed by atoms with Gasteiger partial charge in [0, 0.05) is 35.5 Å². The van der Waals surface area contributed by atoms with Gasteiger partial charge in [-0.1, -0.05) is 49.3 Å². The van der Waals surface area contributed by atoms with Crippen LogP contribution in [0.3, 0.4) is 0 Å². The summed E-state index contributed by atoms with van der Waals surface area (Å²) >= 11 is 7.32. The molecule has 3 rings (SSSR count). The molecule has 1 atom stereocenters. The number of nitrogens with one attached hydrogen (secondary N) is 2. The second kappa shape index (κ2) is 11.3. The standard InChI is InChI=1S/C23H25ClN6O4S/c1-13(2)20(26-22(32)15-7-5-8-16(11-15)30(33)34)21-27-28-23(29(21)4)35-12-19(31)25-18-10-6-9-17(24)14(18)3/h5-11,13,20H,12H2,1-4H3,(H,25,31)(H,26,32)/t20-/m0/s1. The number of carbonyl (C=O) groups excluding carboxylic acids is 2. The summed E-state index contributed by atoms with van der Waals surface area (Å²) in [5, 5.41) is 26.3. The van der Waals surface area contributed by atoms with Crippen molar-refractivity contribution < 1.29 is 14.5 Å². The average molecular weight is 517 g/mol. The Bertz CT molecular complexity index is 1260. The summed E-state index contributed by atoms with van der Waals surface area (Å²) in [4.78, 5) is 35.7. The molecule has 1 aromatic heterocycles. The number of nitrogens with zero attached hydrogens (tertiary/aromatic N) is 4. The number of benzene rings is 2. The number of amides is 2. The van der Waals surface area contributed by atoms with Gasteiger partial charge < -0.3 is 15.2 Å². The number of nitro groups is 1. The highest BCUT2D eigenvalue weighted by Gasteiger charge is 2.26. The van der Waals surface area contributed by atoms with Crippen LogP contribution in [0.1, 0.15) is 41.6 Å². The monoisotopic (exact) mass is 516 g/mol. The van der Waals surface area contributed by atoms with Crippen LogP contribution in [0.25, 0.3) is 0 Å². The van der Waals surface area contributed by atoms with Crippen molar-refractivity contribution in [2.75, 3.05) is 11.1 Å². The molecular weight excluding hydrogens is 492 g/mol. The zero-order valence-corrected chi connectivity index (χ0v) is 21.2. The van der Waals surface area contributed by atoms with Gasteiger partial charge in [-0.2, -0.15) is 0 Å². The lowest BCUT2D eigenvalue weighted by Gasteiger charge is -2.21. The van der Waals surface area contributed by atoms with Crippen LogP contribution in [0.15, 0.2) is 47.6 Å². The van der Waals surface area contributed by atoms with Gasteiger partial charge in [-0.3, -0.25) is 19.7 Å². The fourth-order valence-electron chi connectivity index (χ4n) is 3.30. The van der Waals surface area contributed by atoms with Crippen molar-refractivity contribution in [1.29, 1.82) is 0 Å². The molecule has 0 saturated heterocycles. The zero-order chi connectivity index (χ0) is 25.7. The number of rotatable bonds is 9. The minimum Gasteiger partial charge on any atom is -0.342 e. The minimum atomic E-state index is -0.549. The minimum absolute atomic E-state index is 0.0486. The topological polar surface area (TPSA) is 132 Å². The van der Waals surface area contributed by atoms with E-state index < -0.39 is 16.9 Å². The lowest BCUT2D eigenvalue weighted by Crippen LogP contribution is -2.33. The predicted octanol–water partition coefficient (Wildman–Crippen LogP) is 4.54. The van der Waals surface area contributed by atoms with E-state index in [1.54, 1.807) is 29.8 Å². The van der Waals surface area contributed by atoms with Crippen LogP contribution in [-0.2, 0) is 11.8 Å². The van der Waals surface area contributed by atoms with E-state index in [4.69, 9.17) is 11.6 Å². The molecule has 0 fully saturated rings. The van der Waals surface area contributed by atoms with Crippen molar-refractivity contribution in [3.05, 3.63) is 74.6 Å². The van der Waals surface area contributed by atoms with Gasteiger partial charge in [-0.05, 0) is 36.6 Å². The Labute approximate surface area is 211 Å². The molecule has 0 aliphatic carbocycles. The predicted molar refractivity (Wildman–Crippen MR) is 135 cm³/mol. The van der Waals surface area contributed by atoms with Gasteiger partial charge >= 0.3 is 0 Å². The number of halogens is 1. The van der Waals surface area contributed by atoms with E-state index in [2.05, 4.69) is 20.8 Å². The Hall–Kier alpha value is -3.44. The van der Waals surface area contributed by atoms with Gasteiger partial charge in [0.05, 0.1) is 16.7 Å². The van der Waals surface area contributed by atoms with Crippen molar-refractivity contribution in [3.8, 4) is 0 Å². The highest BCUT2D eigenvalue weighted by atomic mass is 35.5. The van der Waals surface area contributed by atoms with Gasteiger partial charge in [0.2, 0.25) is 5.91 Å². The van der Waals surface area contributed by atoms with Gasteiger partial charge in [-0.25, -0.2) is 0 Å². The lowest BCUT2D eigenvalue weighted by atomic mass is 10.0. The lowest BCUT2D eigenvalue weighted by molar-refractivity contribution is -0.384. The fraction of sp³-hybridized carbons (Fsp3) is 0.304. The van der Waals surface area contributed by atoms with E-state index in [9.17, 15) is 19.7 Å². The van der Waals surface area contributed by atoms with Crippen LogP contribution in [0.4, 0.5) is 11.4 Å². The van der Waals surface area contributed by atoms with Crippen LogP contribution in [0, 0.1) is 23.0 Å². The molecule has 0 saturated carbocycles. The molecule has 0 bridgehead atoms. The first-order valence-corrected chi connectivity index (χ1v) is 12.1. The first-order chi connectivity index (χ1) is 16.6. The molecule has 0 aliphatic rings. The van der Waals surface area contributed by atoms with Gasteiger partial charge in [0.1, 0.15) is 0 Å². The quantitative estimate of drug-likeness (QED) is 0.242. The first-order valence-electron chi connectivity index (χ1n) is 10.7. The molecule has 2 N–H and O–H groups in total. The molecule has 2 aromatic carbocycles. The normalized spacial score (nSPS) is 11.8. The Morgan fingerprint density at radius 1 is 1.20 bits per heavy atom. The summed E-state index contributed by atoms with van der Waals surface area (Å²) in [6.07, 6.45) is 0. The van der Waals surface area contributed by atoms with Crippen LogP contribution in [0.5, 0.6) is 0 Å². The van der Waals surface area contributed by atoms with Crippen molar-refractivity contribution >= 4 is 46.6 Å². The number of non-ortho nitro benzene ring substituents is 1. The van der Waals surface area contributed by atoms with E-state index in [-0.39, 0.29) is 28.8 Å². The summed E-state index contributed by atoms with van der Waals surface area (Å²) in [5.41, 5.74) is 1.44. The maximum Gasteiger partial charge on any atom is 0.270 e. The zero-order valence-electron chi connectivity index (χ0n) is 19.6. The van der Waals surface area contributed by atoms with Gasteiger partial charge in [0.15, 0.2) is 11.0 Å². The van der Waals surface area contributed by atoms with Crippen molar-refractivity contribution in [3.63, 3.8) is 0 Å². The van der Waals surface area contributed by atoms with E-state index in [1.807, 2.05) is 20.8 Å². The molecule has 0 spiro atoms. The second-order valence-corrected chi connectivity index (χ2v) is 9.50. The Kier molecular flexibility index (Phi) is 8.47. The first kappa shape index (κ1) is 26.2. The second-order valence-electron chi connectivity index (χ2n) is 8.15. The Morgan fingerprint density at radius 3 is 2.60 bits per heavy atom. The van der Waals surface area contributed by atoms with Gasteiger partial charge in [-0.15, -0.1) is 10.2 Å². The van der Waals surface area contributed by atoms with E-state index in [0.717, 1.165) is 5.56 Å². The van der Waals surface area contributed by atoms with Crippen molar-refractivity contribution in [1.82, 2.24) is 20.1 Å². The Balaban J connectivity index is 1.69.